The number of carbonyl (C=O) groups excluding carboxylic acids is 2. The molecule has 0 unspecified atom stereocenters. The number of benzene rings is 2. The Kier molecular flexibility index (Phi) is 6.21. The quantitative estimate of drug-likeness (QED) is 0.640. The zero-order valence-electron chi connectivity index (χ0n) is 19.0. The van der Waals surface area contributed by atoms with E-state index in [1.807, 2.05) is 24.3 Å². The fraction of sp³-hybridized carbons (Fsp3) is 0.292. The van der Waals surface area contributed by atoms with Crippen LogP contribution in [0.1, 0.15) is 21.6 Å². The minimum Gasteiger partial charge on any atom is -0.497 e. The number of ether oxygens (including phenoxy) is 3. The van der Waals surface area contributed by atoms with Crippen LogP contribution in [0.3, 0.4) is 0 Å². The van der Waals surface area contributed by atoms with Gasteiger partial charge in [0.25, 0.3) is 5.91 Å². The molecule has 172 valence electrons. The third-order valence-electron chi connectivity index (χ3n) is 5.70. The Labute approximate surface area is 191 Å². The van der Waals surface area contributed by atoms with Crippen LogP contribution >= 0.6 is 0 Å². The molecule has 1 aliphatic heterocycles. The summed E-state index contributed by atoms with van der Waals surface area (Å²) in [6, 6.07) is 12.9. The van der Waals surface area contributed by atoms with E-state index in [1.165, 1.54) is 11.8 Å². The monoisotopic (exact) mass is 450 g/mol. The van der Waals surface area contributed by atoms with Gasteiger partial charge in [0.1, 0.15) is 17.2 Å². The molecule has 2 aromatic carbocycles. The second kappa shape index (κ2) is 9.23. The summed E-state index contributed by atoms with van der Waals surface area (Å²) >= 11 is 0. The molecule has 0 aliphatic carbocycles. The second-order valence-corrected chi connectivity index (χ2v) is 7.68. The Bertz CT molecular complexity index is 1200. The minimum atomic E-state index is -0.356. The molecule has 0 saturated heterocycles. The molecule has 1 N–H and O–H groups in total. The number of fused-ring (bicyclic) bond motifs is 1. The standard InChI is InChI=1S/C24H26N4O5/c1-27-21(13-20(26-27)19-12-18(31-2)7-8-22(19)32-3)23(29)25-17-6-5-15-9-10-28(24(30)33-4)14-16(15)11-17/h5-8,11-13H,9-10,14H2,1-4H3,(H,25,29). The average Bonchev–Trinajstić information content (AvgIpc) is 3.24. The number of hydrogen-bond donors (Lipinski definition) is 1. The smallest absolute Gasteiger partial charge is 0.409 e. The molecule has 2 amide bonds. The molecule has 0 spiro atoms. The number of carbonyl (C=O) groups is 2. The van der Waals surface area contributed by atoms with Gasteiger partial charge in [-0.25, -0.2) is 4.79 Å². The normalized spacial score (nSPS) is 12.7. The molecule has 0 radical (unpaired) electrons. The first kappa shape index (κ1) is 22.2. The number of nitrogens with one attached hydrogen (secondary N) is 1. The molecule has 9 heteroatoms. The van der Waals surface area contributed by atoms with E-state index in [-0.39, 0.29) is 12.0 Å². The van der Waals surface area contributed by atoms with Crippen molar-refractivity contribution in [3.63, 3.8) is 0 Å². The highest BCUT2D eigenvalue weighted by atomic mass is 16.5. The first-order chi connectivity index (χ1) is 15.9. The largest absolute Gasteiger partial charge is 0.497 e. The van der Waals surface area contributed by atoms with Crippen LogP contribution in [0.15, 0.2) is 42.5 Å². The summed E-state index contributed by atoms with van der Waals surface area (Å²) < 4.78 is 17.1. The van der Waals surface area contributed by atoms with Crippen molar-refractivity contribution >= 4 is 17.7 Å². The number of aromatic nitrogens is 2. The molecule has 9 nitrogen and oxygen atoms in total. The highest BCUT2D eigenvalue weighted by molar-refractivity contribution is 6.03. The maximum atomic E-state index is 13.0. The first-order valence-corrected chi connectivity index (χ1v) is 10.5. The molecule has 0 atom stereocenters. The molecule has 1 aliphatic rings. The van der Waals surface area contributed by atoms with Gasteiger partial charge in [-0.05, 0) is 53.9 Å². The van der Waals surface area contributed by atoms with Gasteiger partial charge < -0.3 is 24.4 Å². The van der Waals surface area contributed by atoms with E-state index in [9.17, 15) is 9.59 Å². The van der Waals surface area contributed by atoms with Crippen molar-refractivity contribution in [3.8, 4) is 22.8 Å². The fourth-order valence-electron chi connectivity index (χ4n) is 3.94. The second-order valence-electron chi connectivity index (χ2n) is 7.68. The Morgan fingerprint density at radius 2 is 1.82 bits per heavy atom. The third-order valence-corrected chi connectivity index (χ3v) is 5.70. The van der Waals surface area contributed by atoms with Crippen LogP contribution in [0, 0.1) is 0 Å². The lowest BCUT2D eigenvalue weighted by molar-refractivity contribution is 0.101. The Balaban J connectivity index is 1.56. The topological polar surface area (TPSA) is 94.9 Å². The van der Waals surface area contributed by atoms with E-state index in [0.29, 0.717) is 41.7 Å². The van der Waals surface area contributed by atoms with E-state index >= 15 is 0 Å². The van der Waals surface area contributed by atoms with Gasteiger partial charge in [-0.3, -0.25) is 9.48 Å². The maximum absolute atomic E-state index is 13.0. The summed E-state index contributed by atoms with van der Waals surface area (Å²) in [6.07, 6.45) is 0.386. The number of anilines is 1. The molecule has 0 saturated carbocycles. The van der Waals surface area contributed by atoms with Crippen LogP contribution in [0.4, 0.5) is 10.5 Å². The van der Waals surface area contributed by atoms with Crippen LogP contribution in [0.25, 0.3) is 11.3 Å². The van der Waals surface area contributed by atoms with Crippen molar-refractivity contribution in [1.82, 2.24) is 14.7 Å². The molecule has 0 fully saturated rings. The predicted molar refractivity (Wildman–Crippen MR) is 123 cm³/mol. The van der Waals surface area contributed by atoms with E-state index < -0.39 is 0 Å². The molecule has 33 heavy (non-hydrogen) atoms. The Morgan fingerprint density at radius 1 is 1.00 bits per heavy atom. The fourth-order valence-corrected chi connectivity index (χ4v) is 3.94. The molecule has 0 bridgehead atoms. The summed E-state index contributed by atoms with van der Waals surface area (Å²) in [4.78, 5) is 26.5. The highest BCUT2D eigenvalue weighted by Crippen LogP contribution is 2.33. The lowest BCUT2D eigenvalue weighted by Crippen LogP contribution is -2.35. The summed E-state index contributed by atoms with van der Waals surface area (Å²) in [7, 11) is 6.26. The van der Waals surface area contributed by atoms with Crippen molar-refractivity contribution in [2.24, 2.45) is 7.05 Å². The number of rotatable bonds is 5. The lowest BCUT2D eigenvalue weighted by Gasteiger charge is -2.28. The van der Waals surface area contributed by atoms with Gasteiger partial charge in [0.2, 0.25) is 0 Å². The van der Waals surface area contributed by atoms with Crippen molar-refractivity contribution in [2.45, 2.75) is 13.0 Å². The van der Waals surface area contributed by atoms with Crippen molar-refractivity contribution in [1.29, 1.82) is 0 Å². The molecular formula is C24H26N4O5. The van der Waals surface area contributed by atoms with Gasteiger partial charge in [0, 0.05) is 31.4 Å². The van der Waals surface area contributed by atoms with Gasteiger partial charge in [-0.1, -0.05) is 6.07 Å². The molecular weight excluding hydrogens is 424 g/mol. The molecule has 2 heterocycles. The van der Waals surface area contributed by atoms with Gasteiger partial charge in [0.15, 0.2) is 0 Å². The van der Waals surface area contributed by atoms with Crippen LogP contribution in [0.2, 0.25) is 0 Å². The molecule has 3 aromatic rings. The van der Waals surface area contributed by atoms with Crippen LogP contribution in [-0.2, 0) is 24.8 Å². The number of aryl methyl sites for hydroxylation is 1. The average molecular weight is 450 g/mol. The maximum Gasteiger partial charge on any atom is 0.409 e. The Hall–Kier alpha value is -4.01. The van der Waals surface area contributed by atoms with Crippen molar-refractivity contribution in [3.05, 3.63) is 59.3 Å². The van der Waals surface area contributed by atoms with Crippen LogP contribution in [-0.4, -0.2) is 54.6 Å². The van der Waals surface area contributed by atoms with E-state index in [0.717, 1.165) is 23.1 Å². The van der Waals surface area contributed by atoms with Crippen LogP contribution in [0.5, 0.6) is 11.5 Å². The van der Waals surface area contributed by atoms with Gasteiger partial charge in [-0.15, -0.1) is 0 Å². The summed E-state index contributed by atoms with van der Waals surface area (Å²) in [5, 5.41) is 7.43. The zero-order valence-corrected chi connectivity index (χ0v) is 19.0. The summed E-state index contributed by atoms with van der Waals surface area (Å²) in [5.41, 5.74) is 4.49. The van der Waals surface area contributed by atoms with Gasteiger partial charge >= 0.3 is 6.09 Å². The highest BCUT2D eigenvalue weighted by Gasteiger charge is 2.22. The molecule has 4 rings (SSSR count). The van der Waals surface area contributed by atoms with E-state index in [4.69, 9.17) is 14.2 Å². The third kappa shape index (κ3) is 4.48. The number of nitrogens with zero attached hydrogens (tertiary/aromatic N) is 3. The number of amides is 2. The number of hydrogen-bond acceptors (Lipinski definition) is 6. The predicted octanol–water partition coefficient (Wildman–Crippen LogP) is 3.48. The SMILES string of the molecule is COC(=O)N1CCc2ccc(NC(=O)c3cc(-c4cc(OC)ccc4OC)nn3C)cc2C1. The van der Waals surface area contributed by atoms with Crippen molar-refractivity contribution < 1.29 is 23.8 Å². The number of methoxy groups -OCH3 is 3. The van der Waals surface area contributed by atoms with E-state index in [2.05, 4.69) is 10.4 Å². The van der Waals surface area contributed by atoms with E-state index in [1.54, 1.807) is 44.4 Å². The van der Waals surface area contributed by atoms with Crippen molar-refractivity contribution in [2.75, 3.05) is 33.2 Å². The zero-order chi connectivity index (χ0) is 23.5. The summed E-state index contributed by atoms with van der Waals surface area (Å²) in [6.45, 7) is 1.05. The Morgan fingerprint density at radius 3 is 2.55 bits per heavy atom. The minimum absolute atomic E-state index is 0.293. The lowest BCUT2D eigenvalue weighted by atomic mass is 9.99. The van der Waals surface area contributed by atoms with Gasteiger partial charge in [0.05, 0.1) is 27.0 Å². The summed E-state index contributed by atoms with van der Waals surface area (Å²) in [5.74, 6) is 1.00. The van der Waals surface area contributed by atoms with Crippen LogP contribution < -0.4 is 14.8 Å². The first-order valence-electron chi connectivity index (χ1n) is 10.5. The van der Waals surface area contributed by atoms with Gasteiger partial charge in [-0.2, -0.15) is 5.10 Å². The molecule has 1 aromatic heterocycles.